The SMILES string of the molecule is C=CCOC(=O)[C@H]1[C@H]2C(=O)N([C@@H](CO)CC(C)C)C(C(=O)N(CC=C)C(C)C)C23CC[C@]1(CC)O3. The van der Waals surface area contributed by atoms with Gasteiger partial charge in [0, 0.05) is 12.6 Å². The van der Waals surface area contributed by atoms with E-state index in [1.54, 1.807) is 15.9 Å². The molecule has 3 aliphatic heterocycles. The van der Waals surface area contributed by atoms with Gasteiger partial charge in [-0.25, -0.2) is 0 Å². The van der Waals surface area contributed by atoms with Gasteiger partial charge < -0.3 is 24.4 Å². The van der Waals surface area contributed by atoms with Crippen LogP contribution < -0.4 is 0 Å². The van der Waals surface area contributed by atoms with E-state index in [9.17, 15) is 19.5 Å². The molecular formula is C27H42N2O6. The maximum absolute atomic E-state index is 14.2. The van der Waals surface area contributed by atoms with Crippen LogP contribution >= 0.6 is 0 Å². The van der Waals surface area contributed by atoms with E-state index >= 15 is 0 Å². The number of aliphatic hydroxyl groups excluding tert-OH is 1. The zero-order valence-electron chi connectivity index (χ0n) is 21.9. The average Bonchev–Trinajstić information content (AvgIpc) is 3.42. The van der Waals surface area contributed by atoms with Gasteiger partial charge in [0.25, 0.3) is 0 Å². The number of hydrogen-bond donors (Lipinski definition) is 1. The van der Waals surface area contributed by atoms with Gasteiger partial charge in [-0.2, -0.15) is 0 Å². The van der Waals surface area contributed by atoms with Crippen LogP contribution in [0.1, 0.15) is 60.3 Å². The third kappa shape index (κ3) is 4.33. The number of fused-ring (bicyclic) bond motifs is 1. The number of hydrogen-bond acceptors (Lipinski definition) is 6. The number of amides is 2. The molecule has 196 valence electrons. The summed E-state index contributed by atoms with van der Waals surface area (Å²) in [6.45, 7) is 17.3. The van der Waals surface area contributed by atoms with Crippen LogP contribution in [-0.4, -0.2) is 81.8 Å². The van der Waals surface area contributed by atoms with E-state index in [1.807, 2.05) is 34.6 Å². The van der Waals surface area contributed by atoms with Gasteiger partial charge in [0.2, 0.25) is 11.8 Å². The minimum absolute atomic E-state index is 0.0438. The molecule has 3 saturated heterocycles. The summed E-state index contributed by atoms with van der Waals surface area (Å²) < 4.78 is 12.2. The number of carbonyl (C=O) groups excluding carboxylic acids is 3. The van der Waals surface area contributed by atoms with Crippen molar-refractivity contribution < 1.29 is 29.0 Å². The van der Waals surface area contributed by atoms with Gasteiger partial charge in [-0.3, -0.25) is 14.4 Å². The second kappa shape index (κ2) is 10.4. The Morgan fingerprint density at radius 3 is 2.46 bits per heavy atom. The van der Waals surface area contributed by atoms with Gasteiger partial charge in [-0.1, -0.05) is 39.5 Å². The van der Waals surface area contributed by atoms with Crippen LogP contribution in [0.2, 0.25) is 0 Å². The molecule has 0 aromatic heterocycles. The molecular weight excluding hydrogens is 448 g/mol. The van der Waals surface area contributed by atoms with Crippen LogP contribution in [0.15, 0.2) is 25.3 Å². The van der Waals surface area contributed by atoms with Crippen LogP contribution in [0.4, 0.5) is 0 Å². The average molecular weight is 491 g/mol. The van der Waals surface area contributed by atoms with Crippen LogP contribution in [-0.2, 0) is 23.9 Å². The summed E-state index contributed by atoms with van der Waals surface area (Å²) >= 11 is 0. The third-order valence-corrected chi connectivity index (χ3v) is 8.03. The van der Waals surface area contributed by atoms with Crippen LogP contribution in [0.25, 0.3) is 0 Å². The van der Waals surface area contributed by atoms with E-state index in [4.69, 9.17) is 9.47 Å². The normalized spacial score (nSPS) is 32.2. The van der Waals surface area contributed by atoms with Gasteiger partial charge in [-0.05, 0) is 45.4 Å². The molecule has 35 heavy (non-hydrogen) atoms. The first-order chi connectivity index (χ1) is 16.5. The lowest BCUT2D eigenvalue weighted by atomic mass is 9.65. The van der Waals surface area contributed by atoms with Crippen LogP contribution in [0, 0.1) is 17.8 Å². The van der Waals surface area contributed by atoms with Crippen molar-refractivity contribution >= 4 is 17.8 Å². The minimum atomic E-state index is -1.14. The van der Waals surface area contributed by atoms with Crippen molar-refractivity contribution in [1.29, 1.82) is 0 Å². The fourth-order valence-electron chi connectivity index (χ4n) is 6.59. The topological polar surface area (TPSA) is 96.4 Å². The zero-order chi connectivity index (χ0) is 26.1. The first kappa shape index (κ1) is 27.4. The molecule has 2 bridgehead atoms. The largest absolute Gasteiger partial charge is 0.461 e. The molecule has 0 aliphatic carbocycles. The Bertz CT molecular complexity index is 857. The number of rotatable bonds is 12. The molecule has 1 spiro atoms. The zero-order valence-corrected chi connectivity index (χ0v) is 21.9. The summed E-state index contributed by atoms with van der Waals surface area (Å²) in [5, 5.41) is 10.3. The van der Waals surface area contributed by atoms with E-state index in [1.165, 1.54) is 6.08 Å². The molecule has 0 radical (unpaired) electrons. The maximum atomic E-state index is 14.2. The fourth-order valence-corrected chi connectivity index (χ4v) is 6.59. The molecule has 8 heteroatoms. The first-order valence-corrected chi connectivity index (χ1v) is 12.9. The highest BCUT2D eigenvalue weighted by Crippen LogP contribution is 2.65. The number of aliphatic hydroxyl groups is 1. The number of carbonyl (C=O) groups is 3. The summed E-state index contributed by atoms with van der Waals surface area (Å²) in [4.78, 5) is 44.9. The smallest absolute Gasteiger partial charge is 0.313 e. The number of likely N-dealkylation sites (tertiary alicyclic amines) is 1. The van der Waals surface area contributed by atoms with Crippen molar-refractivity contribution in [3.63, 3.8) is 0 Å². The second-order valence-corrected chi connectivity index (χ2v) is 10.8. The molecule has 2 unspecified atom stereocenters. The first-order valence-electron chi connectivity index (χ1n) is 12.9. The van der Waals surface area contributed by atoms with E-state index in [0.717, 1.165) is 0 Å². The molecule has 3 rings (SSSR count). The van der Waals surface area contributed by atoms with Gasteiger partial charge in [-0.15, -0.1) is 6.58 Å². The standard InChI is InChI=1S/C27H42N2O6/c1-8-13-28(18(6)7)24(32)22-27-12-11-26(10-3,35-27)21(25(33)34-14-9-2)20(27)23(31)29(22)19(16-30)15-17(4)5/h8-9,17-22,30H,1-2,10-16H2,3-7H3/t19-,20+,21-,22?,26+,27?/m1/s1. The third-order valence-electron chi connectivity index (χ3n) is 8.03. The van der Waals surface area contributed by atoms with Crippen molar-refractivity contribution in [3.8, 4) is 0 Å². The van der Waals surface area contributed by atoms with Crippen LogP contribution in [0.5, 0.6) is 0 Å². The van der Waals surface area contributed by atoms with Gasteiger partial charge >= 0.3 is 5.97 Å². The van der Waals surface area contributed by atoms with E-state index in [-0.39, 0.29) is 37.0 Å². The number of ether oxygens (including phenoxy) is 2. The molecule has 1 N–H and O–H groups in total. The summed E-state index contributed by atoms with van der Waals surface area (Å²) in [6, 6.07) is -1.61. The molecule has 0 saturated carbocycles. The van der Waals surface area contributed by atoms with Crippen molar-refractivity contribution in [3.05, 3.63) is 25.3 Å². The molecule has 3 aliphatic rings. The quantitative estimate of drug-likeness (QED) is 0.334. The Labute approximate surface area is 209 Å². The summed E-state index contributed by atoms with van der Waals surface area (Å²) in [5.74, 6) is -2.47. The molecule has 2 amide bonds. The minimum Gasteiger partial charge on any atom is -0.461 e. The lowest BCUT2D eigenvalue weighted by molar-refractivity contribution is -0.163. The highest BCUT2D eigenvalue weighted by atomic mass is 16.6. The Morgan fingerprint density at radius 1 is 1.26 bits per heavy atom. The summed E-state index contributed by atoms with van der Waals surface area (Å²) in [5.41, 5.74) is -1.99. The highest BCUT2D eigenvalue weighted by Gasteiger charge is 2.79. The lowest BCUT2D eigenvalue weighted by Gasteiger charge is -2.41. The molecule has 3 heterocycles. The number of esters is 1. The predicted molar refractivity (Wildman–Crippen MR) is 132 cm³/mol. The van der Waals surface area contributed by atoms with E-state index in [2.05, 4.69) is 13.2 Å². The van der Waals surface area contributed by atoms with Crippen molar-refractivity contribution in [2.45, 2.75) is 89.6 Å². The Hall–Kier alpha value is -2.19. The van der Waals surface area contributed by atoms with Gasteiger partial charge in [0.05, 0.1) is 24.2 Å². The van der Waals surface area contributed by atoms with Gasteiger partial charge in [0.15, 0.2) is 0 Å². The lowest BCUT2D eigenvalue weighted by Crippen LogP contribution is -2.60. The fraction of sp³-hybridized carbons (Fsp3) is 0.741. The molecule has 0 aromatic rings. The van der Waals surface area contributed by atoms with Crippen LogP contribution in [0.3, 0.4) is 0 Å². The Balaban J connectivity index is 2.16. The van der Waals surface area contributed by atoms with Gasteiger partial charge in [0.1, 0.15) is 24.2 Å². The number of nitrogens with zero attached hydrogens (tertiary/aromatic N) is 2. The summed E-state index contributed by atoms with van der Waals surface area (Å²) in [6.07, 6.45) is 5.29. The maximum Gasteiger partial charge on any atom is 0.313 e. The van der Waals surface area contributed by atoms with Crippen molar-refractivity contribution in [2.75, 3.05) is 19.8 Å². The van der Waals surface area contributed by atoms with E-state index in [0.29, 0.717) is 32.2 Å². The molecule has 0 aromatic carbocycles. The van der Waals surface area contributed by atoms with E-state index < -0.39 is 41.1 Å². The summed E-state index contributed by atoms with van der Waals surface area (Å²) in [7, 11) is 0. The predicted octanol–water partition coefficient (Wildman–Crippen LogP) is 2.70. The molecule has 6 atom stereocenters. The van der Waals surface area contributed by atoms with Crippen molar-refractivity contribution in [1.82, 2.24) is 9.80 Å². The monoisotopic (exact) mass is 490 g/mol. The molecule has 3 fully saturated rings. The van der Waals surface area contributed by atoms with Crippen molar-refractivity contribution in [2.24, 2.45) is 17.8 Å². The molecule has 8 nitrogen and oxygen atoms in total. The highest BCUT2D eigenvalue weighted by molar-refractivity contribution is 5.98. The Morgan fingerprint density at radius 2 is 1.94 bits per heavy atom. The second-order valence-electron chi connectivity index (χ2n) is 10.8. The Kier molecular flexibility index (Phi) is 8.16.